The first-order valence-electron chi connectivity index (χ1n) is 7.57. The third kappa shape index (κ3) is 4.38. The van der Waals surface area contributed by atoms with Crippen LogP contribution in [-0.4, -0.2) is 46.1 Å². The van der Waals surface area contributed by atoms with Gasteiger partial charge in [-0.2, -0.15) is 0 Å². The summed E-state index contributed by atoms with van der Waals surface area (Å²) in [6, 6.07) is 3.84. The van der Waals surface area contributed by atoms with E-state index < -0.39 is 8.32 Å². The summed E-state index contributed by atoms with van der Waals surface area (Å²) in [4.78, 5) is 0. The molecule has 0 unspecified atom stereocenters. The molecule has 1 fully saturated rings. The third-order valence-corrected chi connectivity index (χ3v) is 9.55. The zero-order valence-electron chi connectivity index (χ0n) is 12.4. The molecule has 0 atom stereocenters. The minimum absolute atomic E-state index is 0.998. The quantitative estimate of drug-likeness (QED) is 0.500. The molecule has 102 valence electrons. The van der Waals surface area contributed by atoms with Crippen molar-refractivity contribution in [1.29, 1.82) is 0 Å². The molecular weight excluding hydrogens is 226 g/mol. The Labute approximate surface area is 109 Å². The lowest BCUT2D eigenvalue weighted by Gasteiger charge is -2.39. The Morgan fingerprint density at radius 3 is 1.94 bits per heavy atom. The standard InChI is InChI=1S/C14H32NOSi/c1-5-17(6-2,7-3)16-14-13-15(4)11-9-8-10-12-15/h5-14H2,1-4H3/q+1. The monoisotopic (exact) mass is 258 g/mol. The van der Waals surface area contributed by atoms with E-state index in [1.54, 1.807) is 0 Å². The van der Waals surface area contributed by atoms with Gasteiger partial charge in [-0.3, -0.25) is 0 Å². The molecule has 1 saturated heterocycles. The van der Waals surface area contributed by atoms with Gasteiger partial charge in [-0.25, -0.2) is 0 Å². The molecule has 0 radical (unpaired) electrons. The normalized spacial score (nSPS) is 20.5. The molecule has 1 aliphatic heterocycles. The van der Waals surface area contributed by atoms with Crippen LogP contribution in [0.3, 0.4) is 0 Å². The van der Waals surface area contributed by atoms with Crippen molar-refractivity contribution in [3.63, 3.8) is 0 Å². The van der Waals surface area contributed by atoms with Crippen molar-refractivity contribution in [1.82, 2.24) is 0 Å². The summed E-state index contributed by atoms with van der Waals surface area (Å²) in [6.45, 7) is 11.9. The number of piperidine rings is 1. The van der Waals surface area contributed by atoms with Crippen LogP contribution in [0, 0.1) is 0 Å². The zero-order chi connectivity index (χ0) is 12.8. The molecule has 2 nitrogen and oxygen atoms in total. The van der Waals surface area contributed by atoms with Gasteiger partial charge in [-0.1, -0.05) is 20.8 Å². The van der Waals surface area contributed by atoms with E-state index >= 15 is 0 Å². The maximum atomic E-state index is 6.37. The molecule has 0 spiro atoms. The fourth-order valence-electron chi connectivity index (χ4n) is 3.04. The summed E-state index contributed by atoms with van der Waals surface area (Å²) >= 11 is 0. The zero-order valence-corrected chi connectivity index (χ0v) is 13.4. The van der Waals surface area contributed by atoms with E-state index in [1.807, 2.05) is 0 Å². The molecule has 1 heterocycles. The van der Waals surface area contributed by atoms with E-state index in [9.17, 15) is 0 Å². The first-order chi connectivity index (χ1) is 8.10. The smallest absolute Gasteiger partial charge is 0.192 e. The van der Waals surface area contributed by atoms with Crippen LogP contribution in [0.1, 0.15) is 40.0 Å². The van der Waals surface area contributed by atoms with Gasteiger partial charge in [0.15, 0.2) is 8.32 Å². The van der Waals surface area contributed by atoms with Crippen molar-refractivity contribution in [3.8, 4) is 0 Å². The van der Waals surface area contributed by atoms with E-state index in [2.05, 4.69) is 27.8 Å². The molecule has 0 amide bonds. The van der Waals surface area contributed by atoms with Gasteiger partial charge in [0.05, 0.1) is 26.7 Å². The fraction of sp³-hybridized carbons (Fsp3) is 1.00. The second kappa shape index (κ2) is 6.91. The molecule has 0 aliphatic carbocycles. The van der Waals surface area contributed by atoms with Crippen molar-refractivity contribution in [2.24, 2.45) is 0 Å². The van der Waals surface area contributed by atoms with E-state index in [-0.39, 0.29) is 0 Å². The SMILES string of the molecule is CC[Si](CC)(CC)OCC[N+]1(C)CCCCC1. The Balaban J connectivity index is 2.34. The topological polar surface area (TPSA) is 9.23 Å². The molecule has 0 aromatic heterocycles. The Bertz CT molecular complexity index is 202. The largest absolute Gasteiger partial charge is 0.411 e. The van der Waals surface area contributed by atoms with Gasteiger partial charge in [-0.05, 0) is 37.4 Å². The Morgan fingerprint density at radius 2 is 1.47 bits per heavy atom. The summed E-state index contributed by atoms with van der Waals surface area (Å²) in [7, 11) is 1.07. The molecule has 17 heavy (non-hydrogen) atoms. The maximum Gasteiger partial charge on any atom is 0.192 e. The van der Waals surface area contributed by atoms with E-state index in [0.717, 1.165) is 6.61 Å². The molecule has 0 N–H and O–H groups in total. The number of hydrogen-bond donors (Lipinski definition) is 0. The first-order valence-corrected chi connectivity index (χ1v) is 10.1. The maximum absolute atomic E-state index is 6.37. The second-order valence-electron chi connectivity index (χ2n) is 5.94. The number of nitrogens with zero attached hydrogens (tertiary/aromatic N) is 1. The lowest BCUT2D eigenvalue weighted by molar-refractivity contribution is -0.914. The Hall–Kier alpha value is 0.137. The lowest BCUT2D eigenvalue weighted by Crippen LogP contribution is -2.51. The molecule has 1 rings (SSSR count). The Morgan fingerprint density at radius 1 is 0.941 bits per heavy atom. The summed E-state index contributed by atoms with van der Waals surface area (Å²) in [5, 5.41) is 0. The highest BCUT2D eigenvalue weighted by molar-refractivity contribution is 6.73. The molecule has 1 aliphatic rings. The summed E-state index contributed by atoms with van der Waals surface area (Å²) in [6.07, 6.45) is 4.26. The number of likely N-dealkylation sites (tertiary alicyclic amines) is 1. The molecule has 0 bridgehead atoms. The average Bonchev–Trinajstić information content (AvgIpc) is 2.36. The predicted octanol–water partition coefficient (Wildman–Crippen LogP) is 3.64. The fourth-order valence-corrected chi connectivity index (χ4v) is 5.67. The van der Waals surface area contributed by atoms with Crippen LogP contribution >= 0.6 is 0 Å². The van der Waals surface area contributed by atoms with Gasteiger partial charge in [-0.15, -0.1) is 0 Å². The number of hydrogen-bond acceptors (Lipinski definition) is 1. The minimum atomic E-state index is -1.34. The van der Waals surface area contributed by atoms with Crippen LogP contribution < -0.4 is 0 Å². The molecule has 0 saturated carbocycles. The van der Waals surface area contributed by atoms with Crippen LogP contribution in [0.15, 0.2) is 0 Å². The second-order valence-corrected chi connectivity index (χ2v) is 10.7. The summed E-state index contributed by atoms with van der Waals surface area (Å²) in [5.74, 6) is 0. The van der Waals surface area contributed by atoms with Crippen LogP contribution in [0.4, 0.5) is 0 Å². The number of rotatable bonds is 7. The van der Waals surface area contributed by atoms with Crippen LogP contribution in [-0.2, 0) is 4.43 Å². The van der Waals surface area contributed by atoms with Gasteiger partial charge in [0.1, 0.15) is 6.54 Å². The van der Waals surface area contributed by atoms with E-state index in [0.29, 0.717) is 0 Å². The summed E-state index contributed by atoms with van der Waals surface area (Å²) < 4.78 is 7.62. The van der Waals surface area contributed by atoms with Crippen molar-refractivity contribution in [2.45, 2.75) is 58.2 Å². The van der Waals surface area contributed by atoms with Crippen molar-refractivity contribution in [3.05, 3.63) is 0 Å². The van der Waals surface area contributed by atoms with Gasteiger partial charge < -0.3 is 8.91 Å². The first kappa shape index (κ1) is 15.2. The van der Waals surface area contributed by atoms with E-state index in [4.69, 9.17) is 4.43 Å². The molecule has 3 heteroatoms. The average molecular weight is 259 g/mol. The highest BCUT2D eigenvalue weighted by Crippen LogP contribution is 2.22. The highest BCUT2D eigenvalue weighted by atomic mass is 28.4. The highest BCUT2D eigenvalue weighted by Gasteiger charge is 2.30. The Kier molecular flexibility index (Phi) is 6.17. The molecular formula is C14H32NOSi+. The van der Waals surface area contributed by atoms with Crippen LogP contribution in [0.5, 0.6) is 0 Å². The van der Waals surface area contributed by atoms with Gasteiger partial charge in [0, 0.05) is 0 Å². The van der Waals surface area contributed by atoms with Crippen LogP contribution in [0.2, 0.25) is 18.1 Å². The lowest BCUT2D eigenvalue weighted by atomic mass is 10.1. The number of likely N-dealkylation sites (N-methyl/N-ethyl adjacent to an activating group) is 1. The molecule has 0 aromatic carbocycles. The van der Waals surface area contributed by atoms with Crippen LogP contribution in [0.25, 0.3) is 0 Å². The van der Waals surface area contributed by atoms with Gasteiger partial charge in [0.2, 0.25) is 0 Å². The summed E-state index contributed by atoms with van der Waals surface area (Å²) in [5.41, 5.74) is 0. The predicted molar refractivity (Wildman–Crippen MR) is 77.8 cm³/mol. The minimum Gasteiger partial charge on any atom is -0.411 e. The van der Waals surface area contributed by atoms with Gasteiger partial charge in [0.25, 0.3) is 0 Å². The van der Waals surface area contributed by atoms with E-state index in [1.165, 1.54) is 61.5 Å². The number of quaternary nitrogens is 1. The van der Waals surface area contributed by atoms with Gasteiger partial charge >= 0.3 is 0 Å². The van der Waals surface area contributed by atoms with Crippen molar-refractivity contribution < 1.29 is 8.91 Å². The molecule has 0 aromatic rings. The van der Waals surface area contributed by atoms with Crippen molar-refractivity contribution in [2.75, 3.05) is 33.3 Å². The van der Waals surface area contributed by atoms with Crippen molar-refractivity contribution >= 4 is 8.32 Å². The third-order valence-electron chi connectivity index (χ3n) is 4.87.